The number of anilines is 1. The fourth-order valence-electron chi connectivity index (χ4n) is 3.30. The lowest BCUT2D eigenvalue weighted by atomic mass is 10.1. The van der Waals surface area contributed by atoms with Crippen molar-refractivity contribution in [3.8, 4) is 11.5 Å². The molecular formula is C21H23F3N2O3. The normalized spacial score (nSPS) is 14.7. The second kappa shape index (κ2) is 8.63. The summed E-state index contributed by atoms with van der Waals surface area (Å²) in [5.41, 5.74) is 0.322. The number of alkyl halides is 3. The molecule has 0 spiro atoms. The van der Waals surface area contributed by atoms with Crippen LogP contribution >= 0.6 is 0 Å². The van der Waals surface area contributed by atoms with Crippen molar-refractivity contribution in [2.45, 2.75) is 13.1 Å². The first-order chi connectivity index (χ1) is 13.8. The maximum atomic E-state index is 12.9. The van der Waals surface area contributed by atoms with Crippen LogP contribution < -0.4 is 14.4 Å². The molecule has 2 aromatic carbocycles. The summed E-state index contributed by atoms with van der Waals surface area (Å²) in [6.45, 7) is 4.11. The smallest absolute Gasteiger partial charge is 0.416 e. The highest BCUT2D eigenvalue weighted by Crippen LogP contribution is 2.32. The molecule has 5 nitrogen and oxygen atoms in total. The Bertz CT molecular complexity index is 862. The third-order valence-corrected chi connectivity index (χ3v) is 4.82. The fraction of sp³-hybridized carbons (Fsp3) is 0.381. The quantitative estimate of drug-likeness (QED) is 0.748. The average Bonchev–Trinajstić information content (AvgIpc) is 2.73. The molecule has 0 atom stereocenters. The summed E-state index contributed by atoms with van der Waals surface area (Å²) < 4.78 is 49.6. The number of piperazine rings is 1. The number of rotatable bonds is 5. The fourth-order valence-corrected chi connectivity index (χ4v) is 3.30. The van der Waals surface area contributed by atoms with Gasteiger partial charge in [-0.3, -0.25) is 4.79 Å². The zero-order valence-electron chi connectivity index (χ0n) is 16.3. The highest BCUT2D eigenvalue weighted by molar-refractivity contribution is 5.95. The van der Waals surface area contributed by atoms with E-state index in [0.29, 0.717) is 55.5 Å². The minimum Gasteiger partial charge on any atom is -0.493 e. The van der Waals surface area contributed by atoms with E-state index in [-0.39, 0.29) is 5.91 Å². The Hall–Kier alpha value is -2.90. The van der Waals surface area contributed by atoms with Gasteiger partial charge in [-0.25, -0.2) is 0 Å². The Kier molecular flexibility index (Phi) is 6.20. The van der Waals surface area contributed by atoms with Crippen LogP contribution in [0.1, 0.15) is 22.8 Å². The van der Waals surface area contributed by atoms with E-state index >= 15 is 0 Å². The van der Waals surface area contributed by atoms with Gasteiger partial charge < -0.3 is 19.3 Å². The van der Waals surface area contributed by atoms with Gasteiger partial charge in [-0.05, 0) is 43.3 Å². The van der Waals surface area contributed by atoms with Gasteiger partial charge >= 0.3 is 6.18 Å². The predicted molar refractivity (Wildman–Crippen MR) is 104 cm³/mol. The predicted octanol–water partition coefficient (Wildman–Crippen LogP) is 4.08. The van der Waals surface area contributed by atoms with E-state index in [1.807, 2.05) is 11.8 Å². The molecule has 2 aromatic rings. The molecule has 1 heterocycles. The summed E-state index contributed by atoms with van der Waals surface area (Å²) in [6, 6.07) is 10.3. The molecule has 0 radical (unpaired) electrons. The van der Waals surface area contributed by atoms with E-state index in [0.717, 1.165) is 12.1 Å². The van der Waals surface area contributed by atoms with Gasteiger partial charge in [0.05, 0.1) is 19.3 Å². The molecule has 0 N–H and O–H groups in total. The molecular weight excluding hydrogens is 385 g/mol. The molecule has 0 bridgehead atoms. The van der Waals surface area contributed by atoms with Crippen molar-refractivity contribution >= 4 is 11.6 Å². The highest BCUT2D eigenvalue weighted by Gasteiger charge is 2.31. The molecule has 0 unspecified atom stereocenters. The zero-order chi connectivity index (χ0) is 21.0. The minimum absolute atomic E-state index is 0.143. The second-order valence-corrected chi connectivity index (χ2v) is 6.63. The van der Waals surface area contributed by atoms with Crippen LogP contribution in [-0.4, -0.2) is 50.7 Å². The molecule has 1 saturated heterocycles. The lowest BCUT2D eigenvalue weighted by Gasteiger charge is -2.36. The van der Waals surface area contributed by atoms with E-state index < -0.39 is 11.7 Å². The second-order valence-electron chi connectivity index (χ2n) is 6.63. The van der Waals surface area contributed by atoms with Crippen molar-refractivity contribution in [2.24, 2.45) is 0 Å². The van der Waals surface area contributed by atoms with Gasteiger partial charge in [-0.1, -0.05) is 6.07 Å². The Labute approximate surface area is 167 Å². The van der Waals surface area contributed by atoms with Crippen molar-refractivity contribution in [3.05, 3.63) is 53.6 Å². The summed E-state index contributed by atoms with van der Waals surface area (Å²) in [6.07, 6.45) is -4.37. The van der Waals surface area contributed by atoms with Crippen LogP contribution in [0.5, 0.6) is 11.5 Å². The third kappa shape index (κ3) is 4.75. The van der Waals surface area contributed by atoms with Gasteiger partial charge in [0.25, 0.3) is 5.91 Å². The van der Waals surface area contributed by atoms with Crippen LogP contribution in [0, 0.1) is 0 Å². The van der Waals surface area contributed by atoms with Gasteiger partial charge in [0.2, 0.25) is 0 Å². The number of amides is 1. The molecule has 1 amide bonds. The number of benzene rings is 2. The topological polar surface area (TPSA) is 42.0 Å². The number of halogens is 3. The summed E-state index contributed by atoms with van der Waals surface area (Å²) in [7, 11) is 1.51. The number of methoxy groups -OCH3 is 1. The maximum Gasteiger partial charge on any atom is 0.416 e. The molecule has 0 aromatic heterocycles. The Morgan fingerprint density at radius 3 is 2.38 bits per heavy atom. The van der Waals surface area contributed by atoms with E-state index in [4.69, 9.17) is 9.47 Å². The van der Waals surface area contributed by atoms with E-state index in [1.54, 1.807) is 29.2 Å². The molecule has 0 aliphatic carbocycles. The summed E-state index contributed by atoms with van der Waals surface area (Å²) >= 11 is 0. The van der Waals surface area contributed by atoms with Crippen LogP contribution in [0.3, 0.4) is 0 Å². The zero-order valence-corrected chi connectivity index (χ0v) is 16.3. The molecule has 0 saturated carbocycles. The first-order valence-corrected chi connectivity index (χ1v) is 9.35. The Balaban J connectivity index is 1.67. The van der Waals surface area contributed by atoms with Crippen molar-refractivity contribution in [1.29, 1.82) is 0 Å². The van der Waals surface area contributed by atoms with Crippen LogP contribution in [0.4, 0.5) is 18.9 Å². The molecule has 3 rings (SSSR count). The van der Waals surface area contributed by atoms with Crippen molar-refractivity contribution in [2.75, 3.05) is 44.8 Å². The number of ether oxygens (including phenoxy) is 2. The molecule has 29 heavy (non-hydrogen) atoms. The van der Waals surface area contributed by atoms with Crippen LogP contribution in [0.15, 0.2) is 42.5 Å². The lowest BCUT2D eigenvalue weighted by molar-refractivity contribution is -0.137. The Morgan fingerprint density at radius 2 is 1.76 bits per heavy atom. The largest absolute Gasteiger partial charge is 0.493 e. The van der Waals surface area contributed by atoms with Gasteiger partial charge in [0.1, 0.15) is 0 Å². The maximum absolute atomic E-state index is 12.9. The van der Waals surface area contributed by atoms with Crippen LogP contribution in [0.2, 0.25) is 0 Å². The number of nitrogens with zero attached hydrogens (tertiary/aromatic N) is 2. The number of hydrogen-bond acceptors (Lipinski definition) is 4. The molecule has 1 aliphatic heterocycles. The van der Waals surface area contributed by atoms with Crippen LogP contribution in [0.25, 0.3) is 0 Å². The molecule has 156 valence electrons. The van der Waals surface area contributed by atoms with Gasteiger partial charge in [0.15, 0.2) is 11.5 Å². The van der Waals surface area contributed by atoms with Crippen molar-refractivity contribution in [1.82, 2.24) is 4.90 Å². The van der Waals surface area contributed by atoms with Crippen LogP contribution in [-0.2, 0) is 6.18 Å². The van der Waals surface area contributed by atoms with E-state index in [2.05, 4.69) is 0 Å². The minimum atomic E-state index is -4.37. The number of hydrogen-bond donors (Lipinski definition) is 0. The summed E-state index contributed by atoms with van der Waals surface area (Å²) in [4.78, 5) is 16.4. The van der Waals surface area contributed by atoms with E-state index in [1.165, 1.54) is 13.2 Å². The Morgan fingerprint density at radius 1 is 1.03 bits per heavy atom. The van der Waals surface area contributed by atoms with E-state index in [9.17, 15) is 18.0 Å². The number of carbonyl (C=O) groups excluding carboxylic acids is 1. The standard InChI is InChI=1S/C21H23F3N2O3/c1-3-29-18-8-7-15(13-19(18)28-2)20(27)26-11-9-25(10-12-26)17-6-4-5-16(14-17)21(22,23)24/h4-8,13-14H,3,9-12H2,1-2H3. The summed E-state index contributed by atoms with van der Waals surface area (Å²) in [5, 5.41) is 0. The molecule has 8 heteroatoms. The number of carbonyl (C=O) groups is 1. The first kappa shape index (κ1) is 20.8. The van der Waals surface area contributed by atoms with Crippen molar-refractivity contribution in [3.63, 3.8) is 0 Å². The first-order valence-electron chi connectivity index (χ1n) is 9.35. The SMILES string of the molecule is CCOc1ccc(C(=O)N2CCN(c3cccc(C(F)(F)F)c3)CC2)cc1OC. The average molecular weight is 408 g/mol. The van der Waals surface area contributed by atoms with Gasteiger partial charge in [0, 0.05) is 37.4 Å². The summed E-state index contributed by atoms with van der Waals surface area (Å²) in [5.74, 6) is 0.913. The molecule has 1 fully saturated rings. The highest BCUT2D eigenvalue weighted by atomic mass is 19.4. The monoisotopic (exact) mass is 408 g/mol. The molecule has 1 aliphatic rings. The lowest BCUT2D eigenvalue weighted by Crippen LogP contribution is -2.48. The third-order valence-electron chi connectivity index (χ3n) is 4.82. The van der Waals surface area contributed by atoms with Gasteiger partial charge in [-0.2, -0.15) is 13.2 Å². The van der Waals surface area contributed by atoms with Crippen molar-refractivity contribution < 1.29 is 27.4 Å². The van der Waals surface area contributed by atoms with Gasteiger partial charge in [-0.15, -0.1) is 0 Å².